The SMILES string of the molecule is COC(=O)C1(OCCOc2cc(-c3cc(=O)c4cccc(Cl)c4o3)c(Br)cc2OC)CCC1. The second kappa shape index (κ2) is 9.75. The van der Waals surface area contributed by atoms with Gasteiger partial charge in [0.25, 0.3) is 0 Å². The number of hydrogen-bond donors (Lipinski definition) is 0. The van der Waals surface area contributed by atoms with Gasteiger partial charge in [-0.3, -0.25) is 4.79 Å². The molecule has 1 saturated carbocycles. The molecule has 0 saturated heterocycles. The largest absolute Gasteiger partial charge is 0.493 e. The van der Waals surface area contributed by atoms with E-state index in [1.807, 2.05) is 0 Å². The first-order valence-corrected chi connectivity index (χ1v) is 11.5. The number of carbonyl (C=O) groups excluding carboxylic acids is 1. The van der Waals surface area contributed by atoms with Gasteiger partial charge in [-0.15, -0.1) is 0 Å². The summed E-state index contributed by atoms with van der Waals surface area (Å²) in [5, 5.41) is 0.750. The van der Waals surface area contributed by atoms with Crippen molar-refractivity contribution in [2.75, 3.05) is 27.4 Å². The molecule has 0 radical (unpaired) electrons. The highest BCUT2D eigenvalue weighted by Crippen LogP contribution is 2.40. The van der Waals surface area contributed by atoms with Crippen molar-refractivity contribution in [1.29, 1.82) is 0 Å². The molecule has 4 rings (SSSR count). The summed E-state index contributed by atoms with van der Waals surface area (Å²) in [5.74, 6) is 0.887. The van der Waals surface area contributed by atoms with Crippen LogP contribution in [0.4, 0.5) is 0 Å². The Labute approximate surface area is 203 Å². The van der Waals surface area contributed by atoms with Gasteiger partial charge in [-0.05, 0) is 59.5 Å². The molecule has 1 aromatic heterocycles. The lowest BCUT2D eigenvalue weighted by atomic mass is 9.80. The maximum atomic E-state index is 12.6. The van der Waals surface area contributed by atoms with Gasteiger partial charge in [-0.1, -0.05) is 17.7 Å². The number of methoxy groups -OCH3 is 2. The highest BCUT2D eigenvalue weighted by molar-refractivity contribution is 9.10. The molecule has 0 amide bonds. The van der Waals surface area contributed by atoms with Crippen LogP contribution in [-0.2, 0) is 14.3 Å². The molecule has 0 bridgehead atoms. The normalized spacial score (nSPS) is 14.5. The second-order valence-corrected chi connectivity index (χ2v) is 8.87. The van der Waals surface area contributed by atoms with Crippen molar-refractivity contribution >= 4 is 44.5 Å². The number of para-hydroxylation sites is 1. The second-order valence-electron chi connectivity index (χ2n) is 7.61. The predicted octanol–water partition coefficient (Wildman–Crippen LogP) is 5.38. The topological polar surface area (TPSA) is 84.2 Å². The Bertz CT molecular complexity index is 1250. The van der Waals surface area contributed by atoms with E-state index in [2.05, 4.69) is 15.9 Å². The van der Waals surface area contributed by atoms with E-state index in [1.165, 1.54) is 20.3 Å². The van der Waals surface area contributed by atoms with Crippen LogP contribution >= 0.6 is 27.5 Å². The van der Waals surface area contributed by atoms with Crippen molar-refractivity contribution < 1.29 is 28.2 Å². The number of hydrogen-bond acceptors (Lipinski definition) is 7. The van der Waals surface area contributed by atoms with Crippen molar-refractivity contribution in [3.63, 3.8) is 0 Å². The molecule has 9 heteroatoms. The van der Waals surface area contributed by atoms with Crippen molar-refractivity contribution in [2.45, 2.75) is 24.9 Å². The molecule has 1 heterocycles. The lowest BCUT2D eigenvalue weighted by Crippen LogP contribution is -2.49. The van der Waals surface area contributed by atoms with Crippen LogP contribution in [0.5, 0.6) is 11.5 Å². The molecule has 33 heavy (non-hydrogen) atoms. The summed E-state index contributed by atoms with van der Waals surface area (Å²) < 4.78 is 28.6. The minimum absolute atomic E-state index is 0.184. The van der Waals surface area contributed by atoms with E-state index >= 15 is 0 Å². The van der Waals surface area contributed by atoms with E-state index in [0.29, 0.717) is 56.1 Å². The van der Waals surface area contributed by atoms with Crippen LogP contribution in [0, 0.1) is 0 Å². The smallest absolute Gasteiger partial charge is 0.338 e. The van der Waals surface area contributed by atoms with E-state index in [0.717, 1.165) is 6.42 Å². The monoisotopic (exact) mass is 536 g/mol. The molecule has 0 unspecified atom stereocenters. The van der Waals surface area contributed by atoms with Crippen LogP contribution in [0.2, 0.25) is 5.02 Å². The molecule has 1 aliphatic rings. The Hall–Kier alpha value is -2.55. The number of fused-ring (bicyclic) bond motifs is 1. The van der Waals surface area contributed by atoms with Gasteiger partial charge in [0.15, 0.2) is 28.1 Å². The Kier molecular flexibility index (Phi) is 6.97. The van der Waals surface area contributed by atoms with E-state index in [4.69, 9.17) is 35.0 Å². The van der Waals surface area contributed by atoms with Gasteiger partial charge >= 0.3 is 5.97 Å². The number of halogens is 2. The van der Waals surface area contributed by atoms with E-state index in [-0.39, 0.29) is 24.6 Å². The third-order valence-corrected chi connectivity index (χ3v) is 6.62. The molecule has 0 spiro atoms. The molecule has 3 aromatic rings. The number of rotatable bonds is 8. The van der Waals surface area contributed by atoms with Gasteiger partial charge < -0.3 is 23.4 Å². The molecule has 1 aliphatic carbocycles. The molecule has 1 fully saturated rings. The van der Waals surface area contributed by atoms with Crippen LogP contribution in [0.15, 0.2) is 50.1 Å². The fourth-order valence-electron chi connectivity index (χ4n) is 3.75. The molecular weight excluding hydrogens is 516 g/mol. The van der Waals surface area contributed by atoms with E-state index in [9.17, 15) is 9.59 Å². The number of ether oxygens (including phenoxy) is 4. The molecule has 174 valence electrons. The molecule has 0 atom stereocenters. The van der Waals surface area contributed by atoms with Gasteiger partial charge in [0, 0.05) is 16.1 Å². The molecule has 2 aromatic carbocycles. The average Bonchev–Trinajstić information content (AvgIpc) is 2.78. The van der Waals surface area contributed by atoms with Gasteiger partial charge in [-0.2, -0.15) is 0 Å². The van der Waals surface area contributed by atoms with Crippen LogP contribution in [0.25, 0.3) is 22.3 Å². The summed E-state index contributed by atoms with van der Waals surface area (Å²) in [4.78, 5) is 24.6. The van der Waals surface area contributed by atoms with Crippen molar-refractivity contribution in [1.82, 2.24) is 0 Å². The van der Waals surface area contributed by atoms with Crippen molar-refractivity contribution in [3.8, 4) is 22.8 Å². The van der Waals surface area contributed by atoms with Crippen LogP contribution < -0.4 is 14.9 Å². The van der Waals surface area contributed by atoms with E-state index in [1.54, 1.807) is 30.3 Å². The molecular formula is C24H22BrClO7. The van der Waals surface area contributed by atoms with Crippen LogP contribution in [-0.4, -0.2) is 39.0 Å². The highest BCUT2D eigenvalue weighted by Gasteiger charge is 2.46. The van der Waals surface area contributed by atoms with Crippen molar-refractivity contribution in [2.24, 2.45) is 0 Å². The zero-order valence-electron chi connectivity index (χ0n) is 18.1. The first-order valence-electron chi connectivity index (χ1n) is 10.3. The first kappa shape index (κ1) is 23.6. The zero-order chi connectivity index (χ0) is 23.6. The first-order chi connectivity index (χ1) is 15.9. The summed E-state index contributed by atoms with van der Waals surface area (Å²) in [7, 11) is 2.89. The summed E-state index contributed by atoms with van der Waals surface area (Å²) in [6, 6.07) is 9.88. The van der Waals surface area contributed by atoms with E-state index < -0.39 is 5.60 Å². The molecule has 7 nitrogen and oxygen atoms in total. The maximum Gasteiger partial charge on any atom is 0.338 e. The fraction of sp³-hybridized carbons (Fsp3) is 0.333. The molecule has 0 aliphatic heterocycles. The summed E-state index contributed by atoms with van der Waals surface area (Å²) in [5.41, 5.74) is -0.175. The van der Waals surface area contributed by atoms with Gasteiger partial charge in [0.05, 0.1) is 31.2 Å². The minimum atomic E-state index is -0.874. The number of carbonyl (C=O) groups is 1. The third kappa shape index (κ3) is 4.60. The van der Waals surface area contributed by atoms with Gasteiger partial charge in [0.1, 0.15) is 12.4 Å². The summed E-state index contributed by atoms with van der Waals surface area (Å²) in [6.07, 6.45) is 2.19. The summed E-state index contributed by atoms with van der Waals surface area (Å²) in [6.45, 7) is 0.383. The van der Waals surface area contributed by atoms with Crippen molar-refractivity contribution in [3.05, 3.63) is 56.1 Å². The summed E-state index contributed by atoms with van der Waals surface area (Å²) >= 11 is 9.75. The zero-order valence-corrected chi connectivity index (χ0v) is 20.5. The Morgan fingerprint density at radius 2 is 1.94 bits per heavy atom. The standard InChI is InChI=1S/C24H22BrClO7/c1-29-20-12-16(25)15(19-13-18(27)14-5-3-6-17(26)22(14)33-19)11-21(20)31-9-10-32-24(7-4-8-24)23(28)30-2/h3,5-6,11-13H,4,7-10H2,1-2H3. The Balaban J connectivity index is 1.58. The van der Waals surface area contributed by atoms with Crippen LogP contribution in [0.1, 0.15) is 19.3 Å². The molecule has 0 N–H and O–H groups in total. The maximum absolute atomic E-state index is 12.6. The lowest BCUT2D eigenvalue weighted by Gasteiger charge is -2.38. The Morgan fingerprint density at radius 1 is 1.15 bits per heavy atom. The number of esters is 1. The predicted molar refractivity (Wildman–Crippen MR) is 127 cm³/mol. The van der Waals surface area contributed by atoms with Gasteiger partial charge in [-0.25, -0.2) is 4.79 Å². The lowest BCUT2D eigenvalue weighted by molar-refractivity contribution is -0.183. The third-order valence-electron chi connectivity index (χ3n) is 5.66. The average molecular weight is 538 g/mol. The minimum Gasteiger partial charge on any atom is -0.493 e. The Morgan fingerprint density at radius 3 is 2.61 bits per heavy atom. The number of benzene rings is 2. The quantitative estimate of drug-likeness (QED) is 0.282. The van der Waals surface area contributed by atoms with Crippen LogP contribution in [0.3, 0.4) is 0 Å². The fourth-order valence-corrected chi connectivity index (χ4v) is 4.48. The van der Waals surface area contributed by atoms with Gasteiger partial charge in [0.2, 0.25) is 0 Å². The highest BCUT2D eigenvalue weighted by atomic mass is 79.9.